The summed E-state index contributed by atoms with van der Waals surface area (Å²) in [6.45, 7) is 0. The van der Waals surface area contributed by atoms with Gasteiger partial charge in [-0.15, -0.1) is 0 Å². The lowest BCUT2D eigenvalue weighted by molar-refractivity contribution is -0.00000447. The predicted octanol–water partition coefficient (Wildman–Crippen LogP) is 0.911. The number of hydrogen-bond donors (Lipinski definition) is 0. The van der Waals surface area contributed by atoms with Crippen LogP contribution in [0.15, 0.2) is 91.0 Å². The molecule has 3 rings (SSSR count). The first kappa shape index (κ1) is 16.9. The summed E-state index contributed by atoms with van der Waals surface area (Å²) in [5, 5.41) is 3.26. The fraction of sp³-hybridized carbons (Fsp3) is 0.0526. The third kappa shape index (κ3) is 2.99. The summed E-state index contributed by atoms with van der Waals surface area (Å²) >= 11 is 0. The van der Waals surface area contributed by atoms with Crippen LogP contribution in [0, 0.1) is 0 Å². The van der Waals surface area contributed by atoms with Gasteiger partial charge in [-0.25, -0.2) is 4.39 Å². The lowest BCUT2D eigenvalue weighted by atomic mass is 10.4. The average Bonchev–Trinajstić information content (AvgIpc) is 2.59. The SMILES string of the molecule is FC[P+](c1ccccc1)(c1ccccc1)c1ccccc1.[Br-]. The minimum Gasteiger partial charge on any atom is -1.00 e. The molecule has 0 amide bonds. The van der Waals surface area contributed by atoms with Crippen molar-refractivity contribution < 1.29 is 21.4 Å². The highest BCUT2D eigenvalue weighted by atomic mass is 79.9. The minimum absolute atomic E-state index is 0. The Hall–Kier alpha value is -1.50. The van der Waals surface area contributed by atoms with E-state index in [4.69, 9.17) is 0 Å². The van der Waals surface area contributed by atoms with Gasteiger partial charge in [-0.2, -0.15) is 0 Å². The fourth-order valence-corrected chi connectivity index (χ4v) is 6.05. The molecule has 22 heavy (non-hydrogen) atoms. The second-order valence-electron chi connectivity index (χ2n) is 4.94. The second-order valence-corrected chi connectivity index (χ2v) is 8.34. The molecule has 0 nitrogen and oxygen atoms in total. The summed E-state index contributed by atoms with van der Waals surface area (Å²) in [5.74, 6) is 0. The molecule has 3 heteroatoms. The highest BCUT2D eigenvalue weighted by Crippen LogP contribution is 2.55. The van der Waals surface area contributed by atoms with Gasteiger partial charge in [0.05, 0.1) is 0 Å². The summed E-state index contributed by atoms with van der Waals surface area (Å²) in [7, 11) is -2.20. The van der Waals surface area contributed by atoms with Crippen LogP contribution in [0.5, 0.6) is 0 Å². The third-order valence-electron chi connectivity index (χ3n) is 3.77. The zero-order valence-corrected chi connectivity index (χ0v) is 14.6. The van der Waals surface area contributed by atoms with Gasteiger partial charge in [-0.05, 0) is 36.4 Å². The molecule has 0 aliphatic carbocycles. The molecule has 0 atom stereocenters. The van der Waals surface area contributed by atoms with Crippen molar-refractivity contribution >= 4 is 23.2 Å². The highest BCUT2D eigenvalue weighted by molar-refractivity contribution is 7.95. The number of alkyl halides is 1. The third-order valence-corrected chi connectivity index (χ3v) is 7.67. The van der Waals surface area contributed by atoms with Gasteiger partial charge in [-0.3, -0.25) is 0 Å². The lowest BCUT2D eigenvalue weighted by Crippen LogP contribution is -3.00. The van der Waals surface area contributed by atoms with Crippen molar-refractivity contribution in [1.29, 1.82) is 0 Å². The molecule has 0 unspecified atom stereocenters. The Morgan fingerprint density at radius 3 is 1.05 bits per heavy atom. The molecule has 0 aliphatic rings. The molecular weight excluding hydrogens is 358 g/mol. The largest absolute Gasteiger partial charge is 1.00 e. The summed E-state index contributed by atoms with van der Waals surface area (Å²) in [5.41, 5.74) is 0. The maximum Gasteiger partial charge on any atom is 0.210 e. The van der Waals surface area contributed by atoms with E-state index in [1.165, 1.54) is 0 Å². The van der Waals surface area contributed by atoms with E-state index in [0.717, 1.165) is 15.9 Å². The van der Waals surface area contributed by atoms with Crippen molar-refractivity contribution in [2.24, 2.45) is 0 Å². The first-order valence-electron chi connectivity index (χ1n) is 6.99. The van der Waals surface area contributed by atoms with Crippen LogP contribution in [0.4, 0.5) is 4.39 Å². The van der Waals surface area contributed by atoms with Gasteiger partial charge in [0.15, 0.2) is 0 Å². The van der Waals surface area contributed by atoms with Gasteiger partial charge >= 0.3 is 0 Å². The lowest BCUT2D eigenvalue weighted by Gasteiger charge is -2.24. The van der Waals surface area contributed by atoms with E-state index in [2.05, 4.69) is 0 Å². The summed E-state index contributed by atoms with van der Waals surface area (Å²) in [4.78, 5) is 0. The molecule has 0 saturated carbocycles. The Morgan fingerprint density at radius 1 is 0.545 bits per heavy atom. The minimum atomic E-state index is -2.20. The Kier molecular flexibility index (Phi) is 5.88. The van der Waals surface area contributed by atoms with Crippen molar-refractivity contribution in [3.63, 3.8) is 0 Å². The van der Waals surface area contributed by atoms with Crippen LogP contribution in [0.25, 0.3) is 0 Å². The van der Waals surface area contributed by atoms with Crippen molar-refractivity contribution in [3.05, 3.63) is 91.0 Å². The van der Waals surface area contributed by atoms with Gasteiger partial charge < -0.3 is 17.0 Å². The van der Waals surface area contributed by atoms with Crippen LogP contribution in [-0.4, -0.2) is 6.42 Å². The second kappa shape index (κ2) is 7.67. The van der Waals surface area contributed by atoms with Crippen LogP contribution >= 0.6 is 7.26 Å². The standard InChI is InChI=1S/C19H17FP.BrH/c20-16-21(17-10-4-1-5-11-17,18-12-6-2-7-13-18)19-14-8-3-9-15-19;/h1-15H,16H2;1H/q+1;/p-1. The van der Waals surface area contributed by atoms with E-state index in [9.17, 15) is 4.39 Å². The maximum atomic E-state index is 14.4. The van der Waals surface area contributed by atoms with Crippen molar-refractivity contribution in [3.8, 4) is 0 Å². The fourth-order valence-electron chi connectivity index (χ4n) is 2.70. The molecule has 0 aromatic heterocycles. The van der Waals surface area contributed by atoms with Gasteiger partial charge in [0.25, 0.3) is 0 Å². The van der Waals surface area contributed by atoms with Crippen molar-refractivity contribution in [2.45, 2.75) is 0 Å². The number of benzene rings is 3. The summed E-state index contributed by atoms with van der Waals surface area (Å²) in [6.07, 6.45) is -0.356. The molecule has 112 valence electrons. The molecule has 0 saturated heterocycles. The summed E-state index contributed by atoms with van der Waals surface area (Å²) in [6, 6.07) is 30.2. The first-order valence-corrected chi connectivity index (χ1v) is 8.96. The Balaban J connectivity index is 0.00000176. The van der Waals surface area contributed by atoms with Crippen LogP contribution in [-0.2, 0) is 0 Å². The Morgan fingerprint density at radius 2 is 0.818 bits per heavy atom. The molecule has 0 N–H and O–H groups in total. The zero-order valence-electron chi connectivity index (χ0n) is 12.1. The van der Waals surface area contributed by atoms with Crippen molar-refractivity contribution in [2.75, 3.05) is 6.42 Å². The number of halogens is 2. The monoisotopic (exact) mass is 374 g/mol. The van der Waals surface area contributed by atoms with Gasteiger partial charge in [0, 0.05) is 0 Å². The molecule has 0 heterocycles. The zero-order chi connectivity index (χ0) is 14.5. The van der Waals surface area contributed by atoms with E-state index in [-0.39, 0.29) is 23.4 Å². The molecule has 0 aliphatic heterocycles. The molecule has 0 fully saturated rings. The highest BCUT2D eigenvalue weighted by Gasteiger charge is 2.45. The van der Waals surface area contributed by atoms with Crippen LogP contribution in [0.2, 0.25) is 0 Å². The normalized spacial score (nSPS) is 10.8. The van der Waals surface area contributed by atoms with Crippen LogP contribution < -0.4 is 32.9 Å². The summed E-state index contributed by atoms with van der Waals surface area (Å²) < 4.78 is 14.4. The van der Waals surface area contributed by atoms with Gasteiger partial charge in [0.2, 0.25) is 6.42 Å². The van der Waals surface area contributed by atoms with E-state index in [1.807, 2.05) is 91.0 Å². The molecular formula is C19H17BrFP. The predicted molar refractivity (Wildman–Crippen MR) is 91.1 cm³/mol. The van der Waals surface area contributed by atoms with Crippen molar-refractivity contribution in [1.82, 2.24) is 0 Å². The van der Waals surface area contributed by atoms with E-state index >= 15 is 0 Å². The number of hydrogen-bond acceptors (Lipinski definition) is 0. The van der Waals surface area contributed by atoms with E-state index in [0.29, 0.717) is 0 Å². The molecule has 0 radical (unpaired) electrons. The number of rotatable bonds is 4. The topological polar surface area (TPSA) is 0 Å². The quantitative estimate of drug-likeness (QED) is 0.595. The molecule has 0 bridgehead atoms. The smallest absolute Gasteiger partial charge is 0.210 e. The average molecular weight is 375 g/mol. The van der Waals surface area contributed by atoms with Crippen LogP contribution in [0.3, 0.4) is 0 Å². The van der Waals surface area contributed by atoms with Crippen LogP contribution in [0.1, 0.15) is 0 Å². The molecule has 0 spiro atoms. The molecule has 3 aromatic carbocycles. The van der Waals surface area contributed by atoms with Gasteiger partial charge in [0.1, 0.15) is 23.2 Å². The van der Waals surface area contributed by atoms with E-state index in [1.54, 1.807) is 0 Å². The van der Waals surface area contributed by atoms with Gasteiger partial charge in [-0.1, -0.05) is 54.6 Å². The Bertz CT molecular complexity index is 590. The maximum absolute atomic E-state index is 14.4. The van der Waals surface area contributed by atoms with E-state index < -0.39 is 7.26 Å². The first-order chi connectivity index (χ1) is 10.4. The Labute approximate surface area is 142 Å². The molecule has 3 aromatic rings.